The summed E-state index contributed by atoms with van der Waals surface area (Å²) in [7, 11) is 1.59. The molecule has 2 rings (SSSR count). The van der Waals surface area contributed by atoms with Gasteiger partial charge >= 0.3 is 0 Å². The minimum Gasteiger partial charge on any atom is -0.493 e. The molecule has 6 nitrogen and oxygen atoms in total. The van der Waals surface area contributed by atoms with Gasteiger partial charge in [0.15, 0.2) is 11.5 Å². The minimum absolute atomic E-state index is 0.130. The summed E-state index contributed by atoms with van der Waals surface area (Å²) in [4.78, 5) is 11.8. The van der Waals surface area contributed by atoms with Gasteiger partial charge in [-0.25, -0.2) is 5.43 Å². The molecule has 1 aliphatic carbocycles. The number of hydrogen-bond acceptors (Lipinski definition) is 5. The van der Waals surface area contributed by atoms with E-state index < -0.39 is 0 Å². The Hall–Kier alpha value is -2.08. The van der Waals surface area contributed by atoms with Crippen LogP contribution >= 0.6 is 0 Å². The quantitative estimate of drug-likeness (QED) is 0.566. The summed E-state index contributed by atoms with van der Waals surface area (Å²) >= 11 is 0. The molecule has 132 valence electrons. The predicted molar refractivity (Wildman–Crippen MR) is 94.8 cm³/mol. The molecule has 0 radical (unpaired) electrons. The van der Waals surface area contributed by atoms with Crippen molar-refractivity contribution in [3.63, 3.8) is 0 Å². The molecule has 1 aromatic rings. The van der Waals surface area contributed by atoms with E-state index in [0.29, 0.717) is 30.7 Å². The highest BCUT2D eigenvalue weighted by Crippen LogP contribution is 2.27. The van der Waals surface area contributed by atoms with Crippen LogP contribution in [0.4, 0.5) is 0 Å². The van der Waals surface area contributed by atoms with Gasteiger partial charge in [-0.1, -0.05) is 19.3 Å². The number of hydrazone groups is 1. The molecule has 1 aromatic carbocycles. The van der Waals surface area contributed by atoms with Crippen molar-refractivity contribution in [2.24, 2.45) is 5.10 Å². The van der Waals surface area contributed by atoms with Crippen molar-refractivity contribution in [3.05, 3.63) is 23.8 Å². The number of methoxy groups -OCH3 is 1. The number of nitrogens with zero attached hydrogens (tertiary/aromatic N) is 1. The Morgan fingerprint density at radius 2 is 2.08 bits per heavy atom. The van der Waals surface area contributed by atoms with E-state index in [4.69, 9.17) is 9.47 Å². The second-order valence-electron chi connectivity index (χ2n) is 5.85. The molecule has 24 heavy (non-hydrogen) atoms. The lowest BCUT2D eigenvalue weighted by Crippen LogP contribution is -2.38. The average molecular weight is 333 g/mol. The lowest BCUT2D eigenvalue weighted by Gasteiger charge is -2.22. The number of carbonyl (C=O) groups is 1. The zero-order chi connectivity index (χ0) is 17.2. The number of benzene rings is 1. The zero-order valence-corrected chi connectivity index (χ0v) is 14.5. The van der Waals surface area contributed by atoms with Crippen molar-refractivity contribution in [2.45, 2.75) is 45.1 Å². The predicted octanol–water partition coefficient (Wildman–Crippen LogP) is 2.47. The molecule has 1 aliphatic rings. The van der Waals surface area contributed by atoms with Crippen LogP contribution < -0.4 is 20.2 Å². The van der Waals surface area contributed by atoms with Gasteiger partial charge in [0.1, 0.15) is 0 Å². The Morgan fingerprint density at radius 1 is 1.29 bits per heavy atom. The first-order chi connectivity index (χ1) is 11.7. The molecular formula is C18H27N3O3. The van der Waals surface area contributed by atoms with Crippen LogP contribution in [0.5, 0.6) is 11.5 Å². The van der Waals surface area contributed by atoms with Crippen molar-refractivity contribution in [1.29, 1.82) is 0 Å². The zero-order valence-electron chi connectivity index (χ0n) is 14.5. The van der Waals surface area contributed by atoms with Gasteiger partial charge in [0.2, 0.25) is 0 Å². The maximum atomic E-state index is 11.8. The Bertz CT molecular complexity index is 554. The summed E-state index contributed by atoms with van der Waals surface area (Å²) in [5, 5.41) is 7.28. The highest BCUT2D eigenvalue weighted by atomic mass is 16.5. The van der Waals surface area contributed by atoms with Gasteiger partial charge in [0, 0.05) is 6.04 Å². The Balaban J connectivity index is 1.79. The van der Waals surface area contributed by atoms with Crippen molar-refractivity contribution >= 4 is 12.1 Å². The summed E-state index contributed by atoms with van der Waals surface area (Å²) in [6.45, 7) is 2.80. The summed E-state index contributed by atoms with van der Waals surface area (Å²) in [5.41, 5.74) is 3.37. The van der Waals surface area contributed by atoms with Gasteiger partial charge in [-0.2, -0.15) is 5.10 Å². The molecule has 1 saturated carbocycles. The molecule has 0 saturated heterocycles. The third-order valence-corrected chi connectivity index (χ3v) is 4.05. The molecule has 0 unspecified atom stereocenters. The van der Waals surface area contributed by atoms with Gasteiger partial charge < -0.3 is 14.8 Å². The lowest BCUT2D eigenvalue weighted by atomic mass is 9.95. The van der Waals surface area contributed by atoms with Gasteiger partial charge in [0.25, 0.3) is 5.91 Å². The van der Waals surface area contributed by atoms with Crippen LogP contribution in [0.25, 0.3) is 0 Å². The number of hydrogen-bond donors (Lipinski definition) is 2. The number of ether oxygens (including phenoxy) is 2. The fourth-order valence-electron chi connectivity index (χ4n) is 2.80. The molecule has 0 aliphatic heterocycles. The van der Waals surface area contributed by atoms with Crippen LogP contribution in [-0.2, 0) is 4.79 Å². The Morgan fingerprint density at radius 3 is 2.79 bits per heavy atom. The Labute approximate surface area is 143 Å². The van der Waals surface area contributed by atoms with Gasteiger partial charge in [-0.05, 0) is 43.5 Å². The van der Waals surface area contributed by atoms with Crippen LogP contribution in [0, 0.1) is 0 Å². The van der Waals surface area contributed by atoms with Crippen LogP contribution in [0.2, 0.25) is 0 Å². The summed E-state index contributed by atoms with van der Waals surface area (Å²) in [6.07, 6.45) is 7.70. The van der Waals surface area contributed by atoms with Gasteiger partial charge in [-0.15, -0.1) is 0 Å². The van der Waals surface area contributed by atoms with E-state index in [2.05, 4.69) is 15.8 Å². The highest BCUT2D eigenvalue weighted by molar-refractivity contribution is 5.83. The number of rotatable bonds is 8. The third kappa shape index (κ3) is 5.85. The minimum atomic E-state index is -0.130. The molecule has 0 bridgehead atoms. The normalized spacial score (nSPS) is 15.4. The Kier molecular flexibility index (Phi) is 7.55. The standard InChI is InChI=1S/C18H27N3O3/c1-3-24-16-10-9-14(11-17(16)23-2)12-20-21-18(22)13-19-15-7-5-4-6-8-15/h9-12,15,19H,3-8,13H2,1-2H3,(H,21,22)/b20-12-. The lowest BCUT2D eigenvalue weighted by molar-refractivity contribution is -0.120. The van der Waals surface area contributed by atoms with Crippen LogP contribution in [0.15, 0.2) is 23.3 Å². The van der Waals surface area contributed by atoms with E-state index in [1.807, 2.05) is 25.1 Å². The van der Waals surface area contributed by atoms with E-state index in [9.17, 15) is 4.79 Å². The molecule has 2 N–H and O–H groups in total. The van der Waals surface area contributed by atoms with E-state index in [0.717, 1.165) is 18.4 Å². The van der Waals surface area contributed by atoms with Gasteiger partial charge in [0.05, 0.1) is 26.5 Å². The number of nitrogens with one attached hydrogen (secondary N) is 2. The third-order valence-electron chi connectivity index (χ3n) is 4.05. The maximum absolute atomic E-state index is 11.8. The molecule has 6 heteroatoms. The van der Waals surface area contributed by atoms with E-state index in [-0.39, 0.29) is 5.91 Å². The molecule has 0 heterocycles. The number of carbonyl (C=O) groups excluding carboxylic acids is 1. The average Bonchev–Trinajstić information content (AvgIpc) is 2.62. The van der Waals surface area contributed by atoms with Crippen LogP contribution in [0.1, 0.15) is 44.6 Å². The fraction of sp³-hybridized carbons (Fsp3) is 0.556. The van der Waals surface area contributed by atoms with E-state index in [1.165, 1.54) is 19.3 Å². The second-order valence-corrected chi connectivity index (χ2v) is 5.85. The molecular weight excluding hydrogens is 306 g/mol. The number of amides is 1. The van der Waals surface area contributed by atoms with E-state index in [1.54, 1.807) is 13.3 Å². The molecule has 1 fully saturated rings. The molecule has 0 atom stereocenters. The smallest absolute Gasteiger partial charge is 0.254 e. The highest BCUT2D eigenvalue weighted by Gasteiger charge is 2.13. The van der Waals surface area contributed by atoms with Crippen molar-refractivity contribution in [1.82, 2.24) is 10.7 Å². The first-order valence-electron chi connectivity index (χ1n) is 8.59. The van der Waals surface area contributed by atoms with Gasteiger partial charge in [-0.3, -0.25) is 4.79 Å². The second kappa shape index (κ2) is 9.93. The molecule has 0 spiro atoms. The van der Waals surface area contributed by atoms with Crippen LogP contribution in [-0.4, -0.2) is 38.4 Å². The van der Waals surface area contributed by atoms with Crippen molar-refractivity contribution in [2.75, 3.05) is 20.3 Å². The van der Waals surface area contributed by atoms with Crippen LogP contribution in [0.3, 0.4) is 0 Å². The SMILES string of the molecule is CCOc1ccc(/C=N\NC(=O)CNC2CCCCC2)cc1OC. The maximum Gasteiger partial charge on any atom is 0.254 e. The monoisotopic (exact) mass is 333 g/mol. The first-order valence-corrected chi connectivity index (χ1v) is 8.59. The summed E-state index contributed by atoms with van der Waals surface area (Å²) in [6, 6.07) is 5.98. The van der Waals surface area contributed by atoms with E-state index >= 15 is 0 Å². The summed E-state index contributed by atoms with van der Waals surface area (Å²) < 4.78 is 10.8. The van der Waals surface area contributed by atoms with Crippen molar-refractivity contribution < 1.29 is 14.3 Å². The molecule has 1 amide bonds. The molecule has 0 aromatic heterocycles. The summed E-state index contributed by atoms with van der Waals surface area (Å²) in [5.74, 6) is 1.21. The largest absolute Gasteiger partial charge is 0.493 e. The first kappa shape index (κ1) is 18.3. The van der Waals surface area contributed by atoms with Crippen molar-refractivity contribution in [3.8, 4) is 11.5 Å². The fourth-order valence-corrected chi connectivity index (χ4v) is 2.80. The topological polar surface area (TPSA) is 72.0 Å².